The van der Waals surface area contributed by atoms with Crippen molar-refractivity contribution in [3.8, 4) is 0 Å². The van der Waals surface area contributed by atoms with E-state index in [1.807, 2.05) is 6.08 Å². The summed E-state index contributed by atoms with van der Waals surface area (Å²) in [4.78, 5) is 2.13. The summed E-state index contributed by atoms with van der Waals surface area (Å²) in [6.07, 6.45) is 0.773. The van der Waals surface area contributed by atoms with Crippen LogP contribution in [0.2, 0.25) is 5.02 Å². The molecule has 0 aliphatic carbocycles. The highest BCUT2D eigenvalue weighted by molar-refractivity contribution is 6.31. The van der Waals surface area contributed by atoms with Crippen LogP contribution in [-0.4, -0.2) is 31.1 Å². The van der Waals surface area contributed by atoms with Crippen molar-refractivity contribution in [1.29, 1.82) is 0 Å². The molecule has 0 unspecified atom stereocenters. The van der Waals surface area contributed by atoms with Gasteiger partial charge < -0.3 is 5.32 Å². The molecule has 0 saturated carbocycles. The average molecular weight is 361 g/mol. The van der Waals surface area contributed by atoms with Gasteiger partial charge >= 0.3 is 6.18 Å². The molecular formula is C18H24ClF3N2. The molecule has 0 bridgehead atoms. The van der Waals surface area contributed by atoms with E-state index in [2.05, 4.69) is 16.8 Å². The molecule has 1 fully saturated rings. The van der Waals surface area contributed by atoms with Crippen LogP contribution in [0.25, 0.3) is 0 Å². The Morgan fingerprint density at radius 3 is 2.58 bits per heavy atom. The summed E-state index contributed by atoms with van der Waals surface area (Å²) in [5.41, 5.74) is -0.380. The van der Waals surface area contributed by atoms with Crippen LogP contribution in [0.15, 0.2) is 30.9 Å². The quantitative estimate of drug-likeness (QED) is 0.540. The van der Waals surface area contributed by atoms with E-state index < -0.39 is 11.7 Å². The number of piperazine rings is 1. The zero-order chi connectivity index (χ0) is 17.6. The van der Waals surface area contributed by atoms with Gasteiger partial charge in [0.15, 0.2) is 0 Å². The van der Waals surface area contributed by atoms with Gasteiger partial charge in [0.25, 0.3) is 0 Å². The molecule has 1 aromatic rings. The number of halogens is 4. The standard InChI is InChI=1S/C18H24ClF3N2/c1-2-3-4-5-9-16(24-12-10-23-11-13-24)17-14(18(20,21)22)7-6-8-15(17)19/h2,6-8,16,23H,1,3-5,9-13H2/t16-/m1/s1. The first-order chi connectivity index (χ1) is 11.4. The van der Waals surface area contributed by atoms with Crippen LogP contribution < -0.4 is 5.32 Å². The Hall–Kier alpha value is -1.04. The van der Waals surface area contributed by atoms with Gasteiger partial charge in [0.2, 0.25) is 0 Å². The number of nitrogens with zero attached hydrogens (tertiary/aromatic N) is 1. The number of rotatable bonds is 7. The maximum atomic E-state index is 13.5. The number of unbranched alkanes of at least 4 members (excludes halogenated alkanes) is 2. The second-order valence-corrected chi connectivity index (χ2v) is 6.48. The molecule has 0 radical (unpaired) electrons. The van der Waals surface area contributed by atoms with Gasteiger partial charge in [-0.3, -0.25) is 4.90 Å². The molecule has 1 aromatic carbocycles. The van der Waals surface area contributed by atoms with Crippen molar-refractivity contribution in [3.05, 3.63) is 47.0 Å². The Morgan fingerprint density at radius 1 is 1.25 bits per heavy atom. The minimum Gasteiger partial charge on any atom is -0.314 e. The van der Waals surface area contributed by atoms with E-state index in [0.29, 0.717) is 6.42 Å². The van der Waals surface area contributed by atoms with Gasteiger partial charge in [0, 0.05) is 42.8 Å². The van der Waals surface area contributed by atoms with Gasteiger partial charge in [-0.05, 0) is 31.4 Å². The molecule has 2 rings (SSSR count). The minimum atomic E-state index is -4.40. The predicted molar refractivity (Wildman–Crippen MR) is 92.3 cm³/mol. The lowest BCUT2D eigenvalue weighted by Gasteiger charge is -2.37. The van der Waals surface area contributed by atoms with Crippen LogP contribution in [0.1, 0.15) is 42.9 Å². The third kappa shape index (κ3) is 4.98. The van der Waals surface area contributed by atoms with Crippen LogP contribution in [0.3, 0.4) is 0 Å². The zero-order valence-electron chi connectivity index (χ0n) is 13.7. The fraction of sp³-hybridized carbons (Fsp3) is 0.556. The molecular weight excluding hydrogens is 337 g/mol. The molecule has 1 saturated heterocycles. The molecule has 1 heterocycles. The second-order valence-electron chi connectivity index (χ2n) is 6.07. The van der Waals surface area contributed by atoms with Gasteiger partial charge in [-0.25, -0.2) is 0 Å². The number of hydrogen-bond donors (Lipinski definition) is 1. The highest BCUT2D eigenvalue weighted by Gasteiger charge is 2.37. The summed E-state index contributed by atoms with van der Waals surface area (Å²) < 4.78 is 40.5. The van der Waals surface area contributed by atoms with Gasteiger partial charge in [-0.2, -0.15) is 13.2 Å². The summed E-state index contributed by atoms with van der Waals surface area (Å²) in [6, 6.07) is 3.77. The van der Waals surface area contributed by atoms with E-state index in [0.717, 1.165) is 51.5 Å². The predicted octanol–water partition coefficient (Wildman–Crippen LogP) is 5.05. The number of alkyl halides is 3. The second kappa shape index (κ2) is 8.88. The SMILES string of the molecule is C=CCCCC[C@H](c1c(Cl)cccc1C(F)(F)F)N1CCNCC1. The normalized spacial score (nSPS) is 17.7. The fourth-order valence-electron chi connectivity index (χ4n) is 3.25. The number of hydrogen-bond acceptors (Lipinski definition) is 2. The van der Waals surface area contributed by atoms with Crippen LogP contribution >= 0.6 is 11.6 Å². The topological polar surface area (TPSA) is 15.3 Å². The third-order valence-electron chi connectivity index (χ3n) is 4.42. The molecule has 1 N–H and O–H groups in total. The Morgan fingerprint density at radius 2 is 1.96 bits per heavy atom. The van der Waals surface area contributed by atoms with E-state index in [1.54, 1.807) is 6.07 Å². The van der Waals surface area contributed by atoms with Gasteiger partial charge in [-0.15, -0.1) is 6.58 Å². The molecule has 24 heavy (non-hydrogen) atoms. The lowest BCUT2D eigenvalue weighted by atomic mass is 9.93. The summed E-state index contributed by atoms with van der Waals surface area (Å²) >= 11 is 6.23. The van der Waals surface area contributed by atoms with Crippen LogP contribution in [0.5, 0.6) is 0 Å². The molecule has 1 aliphatic heterocycles. The van der Waals surface area contributed by atoms with E-state index in [-0.39, 0.29) is 16.6 Å². The molecule has 6 heteroatoms. The lowest BCUT2D eigenvalue weighted by molar-refractivity contribution is -0.138. The van der Waals surface area contributed by atoms with E-state index >= 15 is 0 Å². The first-order valence-corrected chi connectivity index (χ1v) is 8.74. The first kappa shape index (κ1) is 19.3. The van der Waals surface area contributed by atoms with Crippen molar-refractivity contribution in [2.75, 3.05) is 26.2 Å². The smallest absolute Gasteiger partial charge is 0.314 e. The summed E-state index contributed by atoms with van der Waals surface area (Å²) in [6.45, 7) is 6.73. The van der Waals surface area contributed by atoms with Gasteiger partial charge in [0.1, 0.15) is 0 Å². The highest BCUT2D eigenvalue weighted by atomic mass is 35.5. The Labute approximate surface area is 146 Å². The van der Waals surface area contributed by atoms with Crippen molar-refractivity contribution in [1.82, 2.24) is 10.2 Å². The average Bonchev–Trinajstić information content (AvgIpc) is 2.55. The highest BCUT2D eigenvalue weighted by Crippen LogP contribution is 2.41. The maximum Gasteiger partial charge on any atom is 0.416 e. The van der Waals surface area contributed by atoms with Crippen molar-refractivity contribution < 1.29 is 13.2 Å². The monoisotopic (exact) mass is 360 g/mol. The largest absolute Gasteiger partial charge is 0.416 e. The number of benzene rings is 1. The molecule has 0 spiro atoms. The molecule has 0 amide bonds. The van der Waals surface area contributed by atoms with Crippen molar-refractivity contribution >= 4 is 11.6 Å². The molecule has 1 aliphatic rings. The van der Waals surface area contributed by atoms with Crippen molar-refractivity contribution in [3.63, 3.8) is 0 Å². The van der Waals surface area contributed by atoms with Gasteiger partial charge in [0.05, 0.1) is 5.56 Å². The minimum absolute atomic E-state index is 0.206. The lowest BCUT2D eigenvalue weighted by Crippen LogP contribution is -2.45. The summed E-state index contributed by atoms with van der Waals surface area (Å²) in [5.74, 6) is 0. The third-order valence-corrected chi connectivity index (χ3v) is 4.75. The van der Waals surface area contributed by atoms with E-state index in [1.165, 1.54) is 6.07 Å². The van der Waals surface area contributed by atoms with Crippen LogP contribution in [0, 0.1) is 0 Å². The van der Waals surface area contributed by atoms with Crippen LogP contribution in [0.4, 0.5) is 13.2 Å². The number of allylic oxidation sites excluding steroid dienone is 1. The fourth-order valence-corrected chi connectivity index (χ4v) is 3.55. The van der Waals surface area contributed by atoms with E-state index in [4.69, 9.17) is 11.6 Å². The molecule has 134 valence electrons. The first-order valence-electron chi connectivity index (χ1n) is 8.36. The molecule has 0 aromatic heterocycles. The molecule has 1 atom stereocenters. The summed E-state index contributed by atoms with van der Waals surface area (Å²) in [5, 5.41) is 3.45. The molecule has 2 nitrogen and oxygen atoms in total. The van der Waals surface area contributed by atoms with E-state index in [9.17, 15) is 13.2 Å². The Kier molecular flexibility index (Phi) is 7.14. The zero-order valence-corrected chi connectivity index (χ0v) is 14.5. The number of nitrogens with one attached hydrogen (secondary N) is 1. The Bertz CT molecular complexity index is 540. The van der Waals surface area contributed by atoms with Crippen molar-refractivity contribution in [2.45, 2.75) is 37.9 Å². The summed E-state index contributed by atoms with van der Waals surface area (Å²) in [7, 11) is 0. The maximum absolute atomic E-state index is 13.5. The Balaban J connectivity index is 2.33. The van der Waals surface area contributed by atoms with Crippen LogP contribution in [-0.2, 0) is 6.18 Å². The van der Waals surface area contributed by atoms with Crippen molar-refractivity contribution in [2.24, 2.45) is 0 Å². The van der Waals surface area contributed by atoms with Gasteiger partial charge in [-0.1, -0.05) is 30.2 Å².